The SMILES string of the molecule is CC(=O)c1cccc(Nc2ccnc(C(=O)Nc3ccc4c(c3)OCO4)c2)c1. The molecule has 3 aromatic rings. The van der Waals surface area contributed by atoms with Gasteiger partial charge in [-0.05, 0) is 43.3 Å². The molecule has 0 fully saturated rings. The predicted molar refractivity (Wildman–Crippen MR) is 104 cm³/mol. The van der Waals surface area contributed by atoms with Gasteiger partial charge >= 0.3 is 0 Å². The minimum Gasteiger partial charge on any atom is -0.454 e. The Morgan fingerprint density at radius 2 is 1.75 bits per heavy atom. The third-order valence-electron chi connectivity index (χ3n) is 4.18. The molecule has 0 bridgehead atoms. The molecule has 7 heteroatoms. The van der Waals surface area contributed by atoms with Crippen LogP contribution in [0.5, 0.6) is 11.5 Å². The first-order valence-corrected chi connectivity index (χ1v) is 8.63. The summed E-state index contributed by atoms with van der Waals surface area (Å²) in [6, 6.07) is 15.7. The lowest BCUT2D eigenvalue weighted by Crippen LogP contribution is -2.13. The van der Waals surface area contributed by atoms with Crippen molar-refractivity contribution in [2.75, 3.05) is 17.4 Å². The molecule has 0 aliphatic carbocycles. The van der Waals surface area contributed by atoms with Gasteiger partial charge in [0.25, 0.3) is 5.91 Å². The molecule has 0 atom stereocenters. The monoisotopic (exact) mass is 375 g/mol. The van der Waals surface area contributed by atoms with E-state index in [0.717, 1.165) is 5.69 Å². The summed E-state index contributed by atoms with van der Waals surface area (Å²) >= 11 is 0. The Labute approximate surface area is 161 Å². The molecule has 140 valence electrons. The van der Waals surface area contributed by atoms with Crippen molar-refractivity contribution in [2.24, 2.45) is 0 Å². The Morgan fingerprint density at radius 3 is 2.61 bits per heavy atom. The van der Waals surface area contributed by atoms with Gasteiger partial charge in [0.15, 0.2) is 17.3 Å². The average molecular weight is 375 g/mol. The van der Waals surface area contributed by atoms with E-state index in [9.17, 15) is 9.59 Å². The molecule has 0 spiro atoms. The molecule has 1 aliphatic rings. The quantitative estimate of drug-likeness (QED) is 0.655. The average Bonchev–Trinajstić information content (AvgIpc) is 3.16. The van der Waals surface area contributed by atoms with E-state index >= 15 is 0 Å². The molecule has 4 rings (SSSR count). The molecule has 2 heterocycles. The zero-order chi connectivity index (χ0) is 19.5. The van der Waals surface area contributed by atoms with Gasteiger partial charge in [-0.1, -0.05) is 12.1 Å². The highest BCUT2D eigenvalue weighted by atomic mass is 16.7. The Kier molecular flexibility index (Phi) is 4.63. The summed E-state index contributed by atoms with van der Waals surface area (Å²) < 4.78 is 10.6. The summed E-state index contributed by atoms with van der Waals surface area (Å²) in [7, 11) is 0. The van der Waals surface area contributed by atoms with Gasteiger partial charge in [-0.25, -0.2) is 0 Å². The highest BCUT2D eigenvalue weighted by molar-refractivity contribution is 6.03. The Morgan fingerprint density at radius 1 is 0.929 bits per heavy atom. The second-order valence-corrected chi connectivity index (χ2v) is 6.21. The summed E-state index contributed by atoms with van der Waals surface area (Å²) in [6.07, 6.45) is 1.55. The second-order valence-electron chi connectivity index (χ2n) is 6.21. The first-order valence-electron chi connectivity index (χ1n) is 8.63. The molecule has 0 saturated heterocycles. The Hall–Kier alpha value is -3.87. The number of aromatic nitrogens is 1. The smallest absolute Gasteiger partial charge is 0.274 e. The lowest BCUT2D eigenvalue weighted by atomic mass is 10.1. The van der Waals surface area contributed by atoms with Crippen LogP contribution in [-0.4, -0.2) is 23.5 Å². The summed E-state index contributed by atoms with van der Waals surface area (Å²) in [5, 5.41) is 5.98. The molecule has 0 unspecified atom stereocenters. The number of rotatable bonds is 5. The zero-order valence-corrected chi connectivity index (χ0v) is 15.1. The number of anilines is 3. The second kappa shape index (κ2) is 7.40. The predicted octanol–water partition coefficient (Wildman–Crippen LogP) is 4.01. The van der Waals surface area contributed by atoms with Crippen LogP contribution in [0.25, 0.3) is 0 Å². The number of Topliss-reactive ketones (excluding diaryl/α,β-unsaturated/α-hetero) is 1. The lowest BCUT2D eigenvalue weighted by Gasteiger charge is -2.09. The summed E-state index contributed by atoms with van der Waals surface area (Å²) in [5.74, 6) is 0.879. The van der Waals surface area contributed by atoms with E-state index < -0.39 is 0 Å². The van der Waals surface area contributed by atoms with E-state index in [1.54, 1.807) is 54.7 Å². The van der Waals surface area contributed by atoms with Crippen LogP contribution in [0.1, 0.15) is 27.8 Å². The fourth-order valence-corrected chi connectivity index (χ4v) is 2.78. The molecule has 7 nitrogen and oxygen atoms in total. The van der Waals surface area contributed by atoms with Gasteiger partial charge in [0.1, 0.15) is 5.69 Å². The number of ketones is 1. The topological polar surface area (TPSA) is 89.6 Å². The molecule has 0 radical (unpaired) electrons. The molecular formula is C21H17N3O4. The summed E-state index contributed by atoms with van der Waals surface area (Å²) in [5.41, 5.74) is 2.89. The van der Waals surface area contributed by atoms with Crippen LogP contribution in [0.2, 0.25) is 0 Å². The van der Waals surface area contributed by atoms with Crippen molar-refractivity contribution in [3.63, 3.8) is 0 Å². The van der Waals surface area contributed by atoms with Crippen LogP contribution in [0.15, 0.2) is 60.8 Å². The maximum Gasteiger partial charge on any atom is 0.274 e. The Bertz CT molecular complexity index is 1070. The number of ether oxygens (including phenoxy) is 2. The van der Waals surface area contributed by atoms with Crippen molar-refractivity contribution in [1.82, 2.24) is 4.98 Å². The van der Waals surface area contributed by atoms with Crippen LogP contribution < -0.4 is 20.1 Å². The number of pyridine rings is 1. The van der Waals surface area contributed by atoms with Gasteiger partial charge in [0.2, 0.25) is 6.79 Å². The Balaban J connectivity index is 1.49. The lowest BCUT2D eigenvalue weighted by molar-refractivity contribution is 0.101. The van der Waals surface area contributed by atoms with Gasteiger partial charge in [0, 0.05) is 34.9 Å². The van der Waals surface area contributed by atoms with Gasteiger partial charge in [-0.2, -0.15) is 0 Å². The number of hydrogen-bond donors (Lipinski definition) is 2. The third-order valence-corrected chi connectivity index (χ3v) is 4.18. The van der Waals surface area contributed by atoms with Gasteiger partial charge in [-0.15, -0.1) is 0 Å². The highest BCUT2D eigenvalue weighted by Crippen LogP contribution is 2.34. The van der Waals surface area contributed by atoms with Crippen molar-refractivity contribution >= 4 is 28.8 Å². The zero-order valence-electron chi connectivity index (χ0n) is 15.1. The number of carbonyl (C=O) groups is 2. The van der Waals surface area contributed by atoms with Gasteiger partial charge in [-0.3, -0.25) is 14.6 Å². The first-order chi connectivity index (χ1) is 13.6. The normalized spacial score (nSPS) is 11.8. The molecular weight excluding hydrogens is 358 g/mol. The standard InChI is InChI=1S/C21H17N3O4/c1-13(25)14-3-2-4-15(9-14)23-17-7-8-22-18(10-17)21(26)24-16-5-6-19-20(11-16)28-12-27-19/h2-11H,12H2,1H3,(H,22,23)(H,24,26). The number of benzene rings is 2. The van der Waals surface area contributed by atoms with Crippen molar-refractivity contribution in [2.45, 2.75) is 6.92 Å². The van der Waals surface area contributed by atoms with E-state index in [0.29, 0.717) is 28.4 Å². The number of fused-ring (bicyclic) bond motifs is 1. The summed E-state index contributed by atoms with van der Waals surface area (Å²) in [6.45, 7) is 1.69. The van der Waals surface area contributed by atoms with E-state index in [1.165, 1.54) is 6.92 Å². The number of nitrogens with zero attached hydrogens (tertiary/aromatic N) is 1. The van der Waals surface area contributed by atoms with Gasteiger partial charge < -0.3 is 20.1 Å². The number of hydrogen-bond acceptors (Lipinski definition) is 6. The van der Waals surface area contributed by atoms with Crippen LogP contribution in [0.4, 0.5) is 17.1 Å². The van der Waals surface area contributed by atoms with Crippen LogP contribution in [0.3, 0.4) is 0 Å². The third kappa shape index (κ3) is 3.78. The first kappa shape index (κ1) is 17.5. The van der Waals surface area contributed by atoms with Crippen molar-refractivity contribution < 1.29 is 19.1 Å². The molecule has 28 heavy (non-hydrogen) atoms. The molecule has 1 amide bonds. The van der Waals surface area contributed by atoms with E-state index in [2.05, 4.69) is 15.6 Å². The van der Waals surface area contributed by atoms with E-state index in [-0.39, 0.29) is 24.2 Å². The maximum absolute atomic E-state index is 12.5. The van der Waals surface area contributed by atoms with Crippen LogP contribution in [0, 0.1) is 0 Å². The number of nitrogens with one attached hydrogen (secondary N) is 2. The number of amides is 1. The van der Waals surface area contributed by atoms with E-state index in [4.69, 9.17) is 9.47 Å². The largest absolute Gasteiger partial charge is 0.454 e. The summed E-state index contributed by atoms with van der Waals surface area (Å²) in [4.78, 5) is 28.2. The minimum absolute atomic E-state index is 0.0119. The molecule has 1 aromatic heterocycles. The molecule has 0 saturated carbocycles. The van der Waals surface area contributed by atoms with Crippen LogP contribution >= 0.6 is 0 Å². The van der Waals surface area contributed by atoms with Gasteiger partial charge in [0.05, 0.1) is 0 Å². The molecule has 2 N–H and O–H groups in total. The fraction of sp³-hybridized carbons (Fsp3) is 0.0952. The van der Waals surface area contributed by atoms with Crippen molar-refractivity contribution in [3.8, 4) is 11.5 Å². The van der Waals surface area contributed by atoms with Crippen molar-refractivity contribution in [3.05, 3.63) is 72.1 Å². The van der Waals surface area contributed by atoms with Crippen molar-refractivity contribution in [1.29, 1.82) is 0 Å². The molecule has 1 aliphatic heterocycles. The highest BCUT2D eigenvalue weighted by Gasteiger charge is 2.15. The minimum atomic E-state index is -0.347. The molecule has 2 aromatic carbocycles. The van der Waals surface area contributed by atoms with E-state index in [1.807, 2.05) is 6.07 Å². The maximum atomic E-state index is 12.5. The number of carbonyl (C=O) groups excluding carboxylic acids is 2. The fourth-order valence-electron chi connectivity index (χ4n) is 2.78. The van der Waals surface area contributed by atoms with Crippen LogP contribution in [-0.2, 0) is 0 Å².